The van der Waals surface area contributed by atoms with Gasteiger partial charge >= 0.3 is 0 Å². The van der Waals surface area contributed by atoms with Crippen molar-refractivity contribution in [3.8, 4) is 5.75 Å². The Hall–Kier alpha value is -1.52. The Bertz CT molecular complexity index is 703. The third kappa shape index (κ3) is 3.81. The van der Waals surface area contributed by atoms with Gasteiger partial charge in [0.2, 0.25) is 5.91 Å². The minimum absolute atomic E-state index is 0.0668. The van der Waals surface area contributed by atoms with Crippen molar-refractivity contribution in [2.45, 2.75) is 20.4 Å². The van der Waals surface area contributed by atoms with Crippen molar-refractivity contribution >= 4 is 39.1 Å². The van der Waals surface area contributed by atoms with Crippen LogP contribution in [0.2, 0.25) is 5.02 Å². The molecule has 0 fully saturated rings. The SMILES string of the molecule is COc1ccc(Cl)cc1N(Cc1ccc(Br)cc1C)C(C)=O. The first kappa shape index (κ1) is 16.8. The summed E-state index contributed by atoms with van der Waals surface area (Å²) in [6, 6.07) is 11.3. The second-order valence-corrected chi connectivity index (χ2v) is 6.34. The molecule has 22 heavy (non-hydrogen) atoms. The Morgan fingerprint density at radius 2 is 2.00 bits per heavy atom. The van der Waals surface area contributed by atoms with E-state index in [1.165, 1.54) is 6.92 Å². The molecule has 5 heteroatoms. The topological polar surface area (TPSA) is 29.5 Å². The summed E-state index contributed by atoms with van der Waals surface area (Å²) in [6.45, 7) is 4.02. The number of ether oxygens (including phenoxy) is 1. The first-order valence-corrected chi connectivity index (χ1v) is 7.96. The van der Waals surface area contributed by atoms with E-state index in [-0.39, 0.29) is 5.91 Å². The number of benzene rings is 2. The van der Waals surface area contributed by atoms with E-state index in [2.05, 4.69) is 15.9 Å². The van der Waals surface area contributed by atoms with Crippen molar-refractivity contribution in [3.63, 3.8) is 0 Å². The highest BCUT2D eigenvalue weighted by Gasteiger charge is 2.18. The highest BCUT2D eigenvalue weighted by molar-refractivity contribution is 9.10. The van der Waals surface area contributed by atoms with Crippen LogP contribution in [0.4, 0.5) is 5.69 Å². The normalized spacial score (nSPS) is 10.4. The quantitative estimate of drug-likeness (QED) is 0.747. The summed E-state index contributed by atoms with van der Waals surface area (Å²) in [5.74, 6) is 0.553. The summed E-state index contributed by atoms with van der Waals surface area (Å²) in [7, 11) is 1.58. The molecule has 0 aromatic heterocycles. The van der Waals surface area contributed by atoms with Crippen LogP contribution in [-0.4, -0.2) is 13.0 Å². The fraction of sp³-hybridized carbons (Fsp3) is 0.235. The van der Waals surface area contributed by atoms with Crippen LogP contribution in [0.15, 0.2) is 40.9 Å². The van der Waals surface area contributed by atoms with Crippen LogP contribution in [-0.2, 0) is 11.3 Å². The van der Waals surface area contributed by atoms with E-state index in [4.69, 9.17) is 16.3 Å². The number of nitrogens with zero attached hydrogens (tertiary/aromatic N) is 1. The number of hydrogen-bond donors (Lipinski definition) is 0. The fourth-order valence-corrected chi connectivity index (χ4v) is 2.89. The lowest BCUT2D eigenvalue weighted by Gasteiger charge is -2.24. The van der Waals surface area contributed by atoms with E-state index in [1.54, 1.807) is 30.2 Å². The van der Waals surface area contributed by atoms with E-state index < -0.39 is 0 Å². The average Bonchev–Trinajstić information content (AvgIpc) is 2.46. The summed E-state index contributed by atoms with van der Waals surface area (Å²) in [5, 5.41) is 0.564. The van der Waals surface area contributed by atoms with Crippen molar-refractivity contribution in [1.82, 2.24) is 0 Å². The maximum atomic E-state index is 12.1. The first-order valence-electron chi connectivity index (χ1n) is 6.79. The molecule has 0 saturated carbocycles. The maximum Gasteiger partial charge on any atom is 0.224 e. The van der Waals surface area contributed by atoms with Gasteiger partial charge in [0.05, 0.1) is 19.3 Å². The Morgan fingerprint density at radius 3 is 2.59 bits per heavy atom. The molecule has 1 amide bonds. The van der Waals surface area contributed by atoms with Gasteiger partial charge < -0.3 is 9.64 Å². The Labute approximate surface area is 144 Å². The molecule has 0 unspecified atom stereocenters. The molecule has 116 valence electrons. The number of carbonyl (C=O) groups excluding carboxylic acids is 1. The Morgan fingerprint density at radius 1 is 1.27 bits per heavy atom. The first-order chi connectivity index (χ1) is 10.4. The number of methoxy groups -OCH3 is 1. The minimum Gasteiger partial charge on any atom is -0.495 e. The highest BCUT2D eigenvalue weighted by atomic mass is 79.9. The summed E-state index contributed by atoms with van der Waals surface area (Å²) in [5.41, 5.74) is 2.85. The number of anilines is 1. The van der Waals surface area contributed by atoms with Crippen molar-refractivity contribution < 1.29 is 9.53 Å². The Kier molecular flexibility index (Phi) is 5.48. The van der Waals surface area contributed by atoms with Crippen LogP contribution in [0, 0.1) is 6.92 Å². The van der Waals surface area contributed by atoms with E-state index in [1.807, 2.05) is 25.1 Å². The lowest BCUT2D eigenvalue weighted by atomic mass is 10.1. The van der Waals surface area contributed by atoms with Gasteiger partial charge in [0, 0.05) is 16.4 Å². The zero-order valence-corrected chi connectivity index (χ0v) is 15.0. The molecule has 0 radical (unpaired) electrons. The van der Waals surface area contributed by atoms with Gasteiger partial charge in [-0.05, 0) is 48.4 Å². The molecule has 0 spiro atoms. The molecule has 2 aromatic rings. The predicted octanol–water partition coefficient (Wildman–Crippen LogP) is 4.97. The smallest absolute Gasteiger partial charge is 0.224 e. The largest absolute Gasteiger partial charge is 0.495 e. The summed E-state index contributed by atoms with van der Waals surface area (Å²) < 4.78 is 6.38. The van der Waals surface area contributed by atoms with Crippen LogP contribution in [0.1, 0.15) is 18.1 Å². The third-order valence-electron chi connectivity index (χ3n) is 3.44. The lowest BCUT2D eigenvalue weighted by Crippen LogP contribution is -2.28. The van der Waals surface area contributed by atoms with Gasteiger partial charge in [0.15, 0.2) is 0 Å². The third-order valence-corrected chi connectivity index (χ3v) is 4.17. The molecular weight excluding hydrogens is 366 g/mol. The number of rotatable bonds is 4. The van der Waals surface area contributed by atoms with Crippen LogP contribution in [0.5, 0.6) is 5.75 Å². The van der Waals surface area contributed by atoms with Gasteiger partial charge in [0.1, 0.15) is 5.75 Å². The standard InChI is InChI=1S/C17H17BrClNO2/c1-11-8-14(18)5-4-13(11)10-20(12(2)21)16-9-15(19)6-7-17(16)22-3/h4-9H,10H2,1-3H3. The maximum absolute atomic E-state index is 12.1. The van der Waals surface area contributed by atoms with Gasteiger partial charge in [-0.15, -0.1) is 0 Å². The molecule has 0 saturated heterocycles. The second kappa shape index (κ2) is 7.16. The fourth-order valence-electron chi connectivity index (χ4n) is 2.25. The number of hydrogen-bond acceptors (Lipinski definition) is 2. The van der Waals surface area contributed by atoms with Gasteiger partial charge in [-0.2, -0.15) is 0 Å². The van der Waals surface area contributed by atoms with E-state index >= 15 is 0 Å². The van der Waals surface area contributed by atoms with Crippen molar-refractivity contribution in [2.24, 2.45) is 0 Å². The van der Waals surface area contributed by atoms with Crippen LogP contribution in [0.3, 0.4) is 0 Å². The Balaban J connectivity index is 2.43. The van der Waals surface area contributed by atoms with Crippen molar-refractivity contribution in [1.29, 1.82) is 0 Å². The summed E-state index contributed by atoms with van der Waals surface area (Å²) in [6.07, 6.45) is 0. The summed E-state index contributed by atoms with van der Waals surface area (Å²) >= 11 is 9.53. The predicted molar refractivity (Wildman–Crippen MR) is 93.7 cm³/mol. The zero-order valence-electron chi connectivity index (χ0n) is 12.7. The molecular formula is C17H17BrClNO2. The van der Waals surface area contributed by atoms with E-state index in [0.717, 1.165) is 15.6 Å². The monoisotopic (exact) mass is 381 g/mol. The molecule has 0 aliphatic rings. The molecule has 2 rings (SSSR count). The number of carbonyl (C=O) groups is 1. The van der Waals surface area contributed by atoms with Crippen LogP contribution in [0.25, 0.3) is 0 Å². The molecule has 0 heterocycles. The van der Waals surface area contributed by atoms with Gasteiger partial charge in [0.25, 0.3) is 0 Å². The van der Waals surface area contributed by atoms with Gasteiger partial charge in [-0.25, -0.2) is 0 Å². The van der Waals surface area contributed by atoms with Gasteiger partial charge in [-0.1, -0.05) is 33.6 Å². The molecule has 3 nitrogen and oxygen atoms in total. The van der Waals surface area contributed by atoms with E-state index in [0.29, 0.717) is 23.0 Å². The second-order valence-electron chi connectivity index (χ2n) is 4.99. The molecule has 0 aliphatic heterocycles. The highest BCUT2D eigenvalue weighted by Crippen LogP contribution is 2.33. The van der Waals surface area contributed by atoms with Gasteiger partial charge in [-0.3, -0.25) is 4.79 Å². The summed E-state index contributed by atoms with van der Waals surface area (Å²) in [4.78, 5) is 13.8. The molecule has 0 bridgehead atoms. The van der Waals surface area contributed by atoms with Crippen LogP contribution >= 0.6 is 27.5 Å². The molecule has 2 aromatic carbocycles. The number of amides is 1. The molecule has 0 atom stereocenters. The molecule has 0 N–H and O–H groups in total. The van der Waals surface area contributed by atoms with E-state index in [9.17, 15) is 4.79 Å². The zero-order chi connectivity index (χ0) is 16.3. The molecule has 0 aliphatic carbocycles. The number of aryl methyl sites for hydroxylation is 1. The lowest BCUT2D eigenvalue weighted by molar-refractivity contribution is -0.116. The number of halogens is 2. The van der Waals surface area contributed by atoms with Crippen molar-refractivity contribution in [3.05, 3.63) is 57.0 Å². The van der Waals surface area contributed by atoms with Crippen LogP contribution < -0.4 is 9.64 Å². The minimum atomic E-state index is -0.0668. The van der Waals surface area contributed by atoms with Crippen molar-refractivity contribution in [2.75, 3.05) is 12.0 Å². The average molecular weight is 383 g/mol.